The quantitative estimate of drug-likeness (QED) is 0.862. The van der Waals surface area contributed by atoms with Gasteiger partial charge in [-0.2, -0.15) is 0 Å². The predicted octanol–water partition coefficient (Wildman–Crippen LogP) is 4.12. The molecule has 0 aliphatic rings. The van der Waals surface area contributed by atoms with Crippen molar-refractivity contribution in [2.75, 3.05) is 5.32 Å². The molecule has 0 bridgehead atoms. The van der Waals surface area contributed by atoms with Crippen LogP contribution in [0.2, 0.25) is 0 Å². The fourth-order valence-electron chi connectivity index (χ4n) is 2.01. The van der Waals surface area contributed by atoms with E-state index in [0.717, 1.165) is 11.1 Å². The number of aryl methyl sites for hydroxylation is 2. The van der Waals surface area contributed by atoms with Crippen molar-refractivity contribution < 1.29 is 14.3 Å². The monoisotopic (exact) mass is 283 g/mol. The Hall–Kier alpha value is -2.62. The average Bonchev–Trinajstić information content (AvgIpc) is 2.43. The summed E-state index contributed by atoms with van der Waals surface area (Å²) in [4.78, 5) is 23.3. The Morgan fingerprint density at radius 2 is 1.62 bits per heavy atom. The number of ether oxygens (including phenoxy) is 1. The molecule has 0 saturated carbocycles. The zero-order chi connectivity index (χ0) is 15.4. The van der Waals surface area contributed by atoms with E-state index in [1.807, 2.05) is 32.0 Å². The lowest BCUT2D eigenvalue weighted by Crippen LogP contribution is -2.18. The maximum Gasteiger partial charge on any atom is 0.417 e. The van der Waals surface area contributed by atoms with E-state index in [2.05, 4.69) is 5.32 Å². The Bertz CT molecular complexity index is 672. The maximum absolute atomic E-state index is 11.9. The summed E-state index contributed by atoms with van der Waals surface area (Å²) in [6, 6.07) is 12.4. The van der Waals surface area contributed by atoms with E-state index >= 15 is 0 Å². The molecule has 4 heteroatoms. The van der Waals surface area contributed by atoms with E-state index < -0.39 is 6.09 Å². The van der Waals surface area contributed by atoms with E-state index in [0.29, 0.717) is 17.0 Å². The molecular weight excluding hydrogens is 266 g/mol. The SMILES string of the molecule is CC(=O)c1cccc(NC(=O)Oc2c(C)cccc2C)c1. The third-order valence-corrected chi connectivity index (χ3v) is 3.12. The van der Waals surface area contributed by atoms with Crippen LogP contribution in [0.1, 0.15) is 28.4 Å². The molecule has 1 amide bonds. The van der Waals surface area contributed by atoms with Gasteiger partial charge in [0, 0.05) is 11.3 Å². The van der Waals surface area contributed by atoms with Crippen LogP contribution in [0.3, 0.4) is 0 Å². The number of hydrogen-bond donors (Lipinski definition) is 1. The number of ketones is 1. The number of rotatable bonds is 3. The van der Waals surface area contributed by atoms with Gasteiger partial charge in [0.1, 0.15) is 5.75 Å². The number of anilines is 1. The van der Waals surface area contributed by atoms with Gasteiger partial charge in [-0.1, -0.05) is 30.3 Å². The zero-order valence-electron chi connectivity index (χ0n) is 12.3. The van der Waals surface area contributed by atoms with Crippen LogP contribution in [-0.4, -0.2) is 11.9 Å². The van der Waals surface area contributed by atoms with Gasteiger partial charge >= 0.3 is 6.09 Å². The summed E-state index contributed by atoms with van der Waals surface area (Å²) in [6.45, 7) is 5.24. The van der Waals surface area contributed by atoms with Crippen LogP contribution in [0.5, 0.6) is 5.75 Å². The van der Waals surface area contributed by atoms with Gasteiger partial charge < -0.3 is 4.74 Å². The Kier molecular flexibility index (Phi) is 4.38. The normalized spacial score (nSPS) is 10.0. The summed E-state index contributed by atoms with van der Waals surface area (Å²) in [5.74, 6) is 0.500. The molecule has 2 aromatic carbocycles. The molecule has 1 N–H and O–H groups in total. The van der Waals surface area contributed by atoms with Gasteiger partial charge in [-0.3, -0.25) is 10.1 Å². The van der Waals surface area contributed by atoms with Gasteiger partial charge in [-0.15, -0.1) is 0 Å². The van der Waals surface area contributed by atoms with E-state index in [1.54, 1.807) is 24.3 Å². The van der Waals surface area contributed by atoms with E-state index in [1.165, 1.54) is 6.92 Å². The van der Waals surface area contributed by atoms with Gasteiger partial charge in [-0.05, 0) is 44.0 Å². The smallest absolute Gasteiger partial charge is 0.410 e. The Morgan fingerprint density at radius 1 is 1.00 bits per heavy atom. The van der Waals surface area contributed by atoms with Crippen molar-refractivity contribution in [2.24, 2.45) is 0 Å². The molecule has 0 unspecified atom stereocenters. The second-order valence-electron chi connectivity index (χ2n) is 4.87. The zero-order valence-corrected chi connectivity index (χ0v) is 12.3. The standard InChI is InChI=1S/C17H17NO3/c1-11-6-4-7-12(2)16(11)21-17(20)18-15-9-5-8-14(10-15)13(3)19/h4-10H,1-3H3,(H,18,20). The van der Waals surface area contributed by atoms with Gasteiger partial charge in [-0.25, -0.2) is 4.79 Å². The molecule has 0 heterocycles. The van der Waals surface area contributed by atoms with Gasteiger partial charge in [0.25, 0.3) is 0 Å². The number of nitrogens with one attached hydrogen (secondary N) is 1. The molecule has 0 aliphatic heterocycles. The topological polar surface area (TPSA) is 55.4 Å². The highest BCUT2D eigenvalue weighted by Crippen LogP contribution is 2.23. The molecule has 4 nitrogen and oxygen atoms in total. The van der Waals surface area contributed by atoms with Crippen molar-refractivity contribution in [3.63, 3.8) is 0 Å². The Labute approximate surface area is 123 Å². The molecule has 0 aromatic heterocycles. The lowest BCUT2D eigenvalue weighted by atomic mass is 10.1. The van der Waals surface area contributed by atoms with Crippen LogP contribution >= 0.6 is 0 Å². The van der Waals surface area contributed by atoms with Crippen LogP contribution in [0, 0.1) is 13.8 Å². The molecule has 2 aromatic rings. The van der Waals surface area contributed by atoms with Crippen molar-refractivity contribution in [3.8, 4) is 5.75 Å². The molecule has 0 radical (unpaired) electrons. The van der Waals surface area contributed by atoms with Gasteiger partial charge in [0.15, 0.2) is 5.78 Å². The summed E-state index contributed by atoms with van der Waals surface area (Å²) in [7, 11) is 0. The molecule has 108 valence electrons. The minimum atomic E-state index is -0.576. The molecule has 0 atom stereocenters. The fraction of sp³-hybridized carbons (Fsp3) is 0.176. The minimum absolute atomic E-state index is 0.0539. The van der Waals surface area contributed by atoms with E-state index in [9.17, 15) is 9.59 Å². The average molecular weight is 283 g/mol. The highest BCUT2D eigenvalue weighted by atomic mass is 16.6. The van der Waals surface area contributed by atoms with Crippen LogP contribution in [0.15, 0.2) is 42.5 Å². The molecular formula is C17H17NO3. The Morgan fingerprint density at radius 3 is 2.24 bits per heavy atom. The summed E-state index contributed by atoms with van der Waals surface area (Å²) >= 11 is 0. The molecule has 0 fully saturated rings. The maximum atomic E-state index is 11.9. The van der Waals surface area contributed by atoms with Crippen LogP contribution < -0.4 is 10.1 Å². The number of para-hydroxylation sites is 1. The van der Waals surface area contributed by atoms with Crippen molar-refractivity contribution in [1.82, 2.24) is 0 Å². The number of benzene rings is 2. The number of carbonyl (C=O) groups is 2. The molecule has 0 saturated heterocycles. The summed E-state index contributed by atoms with van der Waals surface area (Å²) in [6.07, 6.45) is -0.576. The number of amides is 1. The number of hydrogen-bond acceptors (Lipinski definition) is 3. The first kappa shape index (κ1) is 14.8. The van der Waals surface area contributed by atoms with Gasteiger partial charge in [0.2, 0.25) is 0 Å². The fourth-order valence-corrected chi connectivity index (χ4v) is 2.01. The summed E-state index contributed by atoms with van der Waals surface area (Å²) in [5.41, 5.74) is 2.85. The summed E-state index contributed by atoms with van der Waals surface area (Å²) in [5, 5.41) is 2.63. The molecule has 2 rings (SSSR count). The second kappa shape index (κ2) is 6.22. The largest absolute Gasteiger partial charge is 0.417 e. The molecule has 0 spiro atoms. The first-order valence-electron chi connectivity index (χ1n) is 6.63. The lowest BCUT2D eigenvalue weighted by Gasteiger charge is -2.11. The van der Waals surface area contributed by atoms with Crippen molar-refractivity contribution in [1.29, 1.82) is 0 Å². The molecule has 21 heavy (non-hydrogen) atoms. The lowest BCUT2D eigenvalue weighted by molar-refractivity contribution is 0.101. The van der Waals surface area contributed by atoms with Crippen molar-refractivity contribution in [3.05, 3.63) is 59.2 Å². The number of Topliss-reactive ketones (excluding diaryl/α,β-unsaturated/α-hetero) is 1. The van der Waals surface area contributed by atoms with E-state index in [4.69, 9.17) is 4.74 Å². The second-order valence-corrected chi connectivity index (χ2v) is 4.87. The Balaban J connectivity index is 2.12. The van der Waals surface area contributed by atoms with Gasteiger partial charge in [0.05, 0.1) is 0 Å². The number of carbonyl (C=O) groups excluding carboxylic acids is 2. The predicted molar refractivity (Wildman–Crippen MR) is 82.0 cm³/mol. The molecule has 0 aliphatic carbocycles. The first-order chi connectivity index (χ1) is 9.97. The summed E-state index contributed by atoms with van der Waals surface area (Å²) < 4.78 is 5.35. The third-order valence-electron chi connectivity index (χ3n) is 3.12. The van der Waals surface area contributed by atoms with Crippen molar-refractivity contribution in [2.45, 2.75) is 20.8 Å². The third kappa shape index (κ3) is 3.69. The highest BCUT2D eigenvalue weighted by molar-refractivity contribution is 5.96. The van der Waals surface area contributed by atoms with E-state index in [-0.39, 0.29) is 5.78 Å². The highest BCUT2D eigenvalue weighted by Gasteiger charge is 2.10. The van der Waals surface area contributed by atoms with Crippen LogP contribution in [0.25, 0.3) is 0 Å². The van der Waals surface area contributed by atoms with Crippen LogP contribution in [0.4, 0.5) is 10.5 Å². The van der Waals surface area contributed by atoms with Crippen molar-refractivity contribution >= 4 is 17.6 Å². The first-order valence-corrected chi connectivity index (χ1v) is 6.63. The van der Waals surface area contributed by atoms with Crippen LogP contribution in [-0.2, 0) is 0 Å². The minimum Gasteiger partial charge on any atom is -0.410 e.